The monoisotopic (exact) mass is 555 g/mol. The molecule has 3 aromatic carbocycles. The number of hydrogen-bond donors (Lipinski definition) is 0. The Labute approximate surface area is 226 Å². The Balaban J connectivity index is 1.83. The number of carbonyl (C=O) groups excluding carboxylic acids is 1. The molecule has 0 aliphatic heterocycles. The Bertz CT molecular complexity index is 1600. The molecule has 0 aliphatic carbocycles. The van der Waals surface area contributed by atoms with Crippen LogP contribution in [0.2, 0.25) is 5.02 Å². The molecule has 0 N–H and O–H groups in total. The molecule has 1 heterocycles. The molecule has 0 unspecified atom stereocenters. The summed E-state index contributed by atoms with van der Waals surface area (Å²) in [6, 6.07) is 19.5. The van der Waals surface area contributed by atoms with Crippen LogP contribution in [0, 0.1) is 12.7 Å². The predicted octanol–water partition coefficient (Wildman–Crippen LogP) is 6.79. The fourth-order valence-electron chi connectivity index (χ4n) is 4.07. The number of benzene rings is 3. The zero-order valence-corrected chi connectivity index (χ0v) is 22.8. The van der Waals surface area contributed by atoms with Crippen LogP contribution >= 0.6 is 11.6 Å². The summed E-state index contributed by atoms with van der Waals surface area (Å²) < 4.78 is 52.2. The first-order chi connectivity index (χ1) is 18.1. The smallest absolute Gasteiger partial charge is 0.338 e. The van der Waals surface area contributed by atoms with Crippen molar-refractivity contribution in [1.82, 2.24) is 4.57 Å². The molecule has 0 fully saturated rings. The van der Waals surface area contributed by atoms with Crippen LogP contribution in [-0.4, -0.2) is 31.3 Å². The molecule has 0 saturated heterocycles. The number of carbonyl (C=O) groups is 1. The van der Waals surface area contributed by atoms with Gasteiger partial charge in [0.15, 0.2) is 9.84 Å². The molecular weight excluding hydrogens is 529 g/mol. The average molecular weight is 556 g/mol. The molecule has 4 aromatic rings. The van der Waals surface area contributed by atoms with Crippen molar-refractivity contribution in [3.63, 3.8) is 0 Å². The Morgan fingerprint density at radius 2 is 1.79 bits per heavy atom. The summed E-state index contributed by atoms with van der Waals surface area (Å²) in [5.41, 5.74) is 3.73. The van der Waals surface area contributed by atoms with Crippen molar-refractivity contribution in [3.05, 3.63) is 100 Å². The largest absolute Gasteiger partial charge is 0.488 e. The summed E-state index contributed by atoms with van der Waals surface area (Å²) in [6.07, 6.45) is 0. The first kappa shape index (κ1) is 27.4. The summed E-state index contributed by atoms with van der Waals surface area (Å²) in [7, 11) is -3.51. The van der Waals surface area contributed by atoms with Gasteiger partial charge in [0.25, 0.3) is 0 Å². The highest BCUT2D eigenvalue weighted by Gasteiger charge is 2.20. The molecule has 1 aromatic heterocycles. The lowest BCUT2D eigenvalue weighted by molar-refractivity contribution is 0.0526. The van der Waals surface area contributed by atoms with Gasteiger partial charge in [0.1, 0.15) is 18.2 Å². The van der Waals surface area contributed by atoms with E-state index >= 15 is 0 Å². The second-order valence-electron chi connectivity index (χ2n) is 8.55. The van der Waals surface area contributed by atoms with E-state index in [0.29, 0.717) is 33.8 Å². The maximum atomic E-state index is 13.5. The maximum absolute atomic E-state index is 13.5. The first-order valence-corrected chi connectivity index (χ1v) is 14.1. The molecule has 0 radical (unpaired) electrons. The van der Waals surface area contributed by atoms with Crippen molar-refractivity contribution < 1.29 is 27.1 Å². The van der Waals surface area contributed by atoms with Gasteiger partial charge in [-0.15, -0.1) is 0 Å². The molecule has 198 valence electrons. The highest BCUT2D eigenvalue weighted by atomic mass is 35.5. The third-order valence-corrected chi connectivity index (χ3v) is 8.14. The van der Waals surface area contributed by atoms with E-state index in [1.807, 2.05) is 29.7 Å². The highest BCUT2D eigenvalue weighted by Crippen LogP contribution is 2.36. The fourth-order valence-corrected chi connectivity index (χ4v) is 5.20. The molecule has 6 nitrogen and oxygen atoms in total. The maximum Gasteiger partial charge on any atom is 0.338 e. The first-order valence-electron chi connectivity index (χ1n) is 12.0. The third-order valence-electron chi connectivity index (χ3n) is 6.06. The molecular formula is C29H27ClFNO5S. The Kier molecular flexibility index (Phi) is 8.23. The number of rotatable bonds is 9. The van der Waals surface area contributed by atoms with Gasteiger partial charge in [0.2, 0.25) is 0 Å². The zero-order chi connectivity index (χ0) is 27.4. The van der Waals surface area contributed by atoms with Crippen LogP contribution in [-0.2, 0) is 21.2 Å². The number of aromatic nitrogens is 1. The van der Waals surface area contributed by atoms with Crippen LogP contribution in [0.3, 0.4) is 0 Å². The number of hydrogen-bond acceptors (Lipinski definition) is 5. The second-order valence-corrected chi connectivity index (χ2v) is 11.2. The minimum atomic E-state index is -3.51. The number of esters is 1. The molecule has 4 rings (SSSR count). The van der Waals surface area contributed by atoms with Crippen molar-refractivity contribution >= 4 is 27.4 Å². The van der Waals surface area contributed by atoms with Crippen LogP contribution in [0.1, 0.15) is 35.5 Å². The minimum absolute atomic E-state index is 0.0457. The Morgan fingerprint density at radius 3 is 2.50 bits per heavy atom. The zero-order valence-electron chi connectivity index (χ0n) is 21.2. The lowest BCUT2D eigenvalue weighted by Crippen LogP contribution is -2.08. The van der Waals surface area contributed by atoms with Gasteiger partial charge in [-0.25, -0.2) is 17.6 Å². The van der Waals surface area contributed by atoms with Crippen LogP contribution < -0.4 is 4.74 Å². The van der Waals surface area contributed by atoms with E-state index in [2.05, 4.69) is 0 Å². The number of nitrogens with zero attached hydrogens (tertiary/aromatic N) is 1. The summed E-state index contributed by atoms with van der Waals surface area (Å²) in [4.78, 5) is 12.5. The van der Waals surface area contributed by atoms with Crippen molar-refractivity contribution in [2.75, 3.05) is 12.4 Å². The van der Waals surface area contributed by atoms with Gasteiger partial charge >= 0.3 is 5.97 Å². The van der Waals surface area contributed by atoms with Crippen LogP contribution in [0.4, 0.5) is 4.39 Å². The lowest BCUT2D eigenvalue weighted by atomic mass is 10.1. The van der Waals surface area contributed by atoms with Gasteiger partial charge in [0.05, 0.1) is 33.5 Å². The predicted molar refractivity (Wildman–Crippen MR) is 145 cm³/mol. The van der Waals surface area contributed by atoms with E-state index < -0.39 is 21.6 Å². The van der Waals surface area contributed by atoms with E-state index in [0.717, 1.165) is 5.69 Å². The summed E-state index contributed by atoms with van der Waals surface area (Å²) >= 11 is 6.19. The standard InChI is InChI=1S/C29H27ClFNO5S/c1-4-36-29(33)20-7-6-8-23(15-20)32-19(3)9-13-27(32)25-17-24(38(34,35)5-2)12-14-28(25)37-18-21-10-11-22(31)16-26(21)30/h6-17H,4-5,18H2,1-3H3. The molecule has 0 bridgehead atoms. The molecule has 0 aliphatic rings. The number of aryl methyl sites for hydroxylation is 1. The molecule has 0 saturated carbocycles. The second kappa shape index (κ2) is 11.4. The Morgan fingerprint density at radius 1 is 1.00 bits per heavy atom. The summed E-state index contributed by atoms with van der Waals surface area (Å²) in [5.74, 6) is -0.524. The summed E-state index contributed by atoms with van der Waals surface area (Å²) in [5, 5.41) is 0.228. The number of halogens is 2. The van der Waals surface area contributed by atoms with Crippen molar-refractivity contribution in [3.8, 4) is 22.7 Å². The minimum Gasteiger partial charge on any atom is -0.488 e. The van der Waals surface area contributed by atoms with E-state index in [4.69, 9.17) is 21.1 Å². The van der Waals surface area contributed by atoms with Crippen molar-refractivity contribution in [2.24, 2.45) is 0 Å². The van der Waals surface area contributed by atoms with Crippen molar-refractivity contribution in [2.45, 2.75) is 32.3 Å². The average Bonchev–Trinajstić information content (AvgIpc) is 3.29. The fraction of sp³-hybridized carbons (Fsp3) is 0.207. The third kappa shape index (κ3) is 5.76. The quantitative estimate of drug-likeness (QED) is 0.212. The van der Waals surface area contributed by atoms with E-state index in [1.54, 1.807) is 50.2 Å². The van der Waals surface area contributed by atoms with E-state index in [-0.39, 0.29) is 28.9 Å². The van der Waals surface area contributed by atoms with Gasteiger partial charge in [-0.05, 0) is 74.5 Å². The lowest BCUT2D eigenvalue weighted by Gasteiger charge is -2.18. The molecule has 0 atom stereocenters. The number of sulfone groups is 1. The van der Waals surface area contributed by atoms with E-state index in [9.17, 15) is 17.6 Å². The number of ether oxygens (including phenoxy) is 2. The summed E-state index contributed by atoms with van der Waals surface area (Å²) in [6.45, 7) is 5.54. The topological polar surface area (TPSA) is 74.6 Å². The van der Waals surface area contributed by atoms with Crippen LogP contribution in [0.25, 0.3) is 16.9 Å². The molecule has 0 spiro atoms. The molecule has 9 heteroatoms. The van der Waals surface area contributed by atoms with Gasteiger partial charge in [-0.1, -0.05) is 30.7 Å². The van der Waals surface area contributed by atoms with Gasteiger partial charge in [0, 0.05) is 22.5 Å². The van der Waals surface area contributed by atoms with Gasteiger partial charge < -0.3 is 14.0 Å². The van der Waals surface area contributed by atoms with Crippen LogP contribution in [0.15, 0.2) is 77.7 Å². The van der Waals surface area contributed by atoms with E-state index in [1.165, 1.54) is 18.2 Å². The molecule has 38 heavy (non-hydrogen) atoms. The SMILES string of the molecule is CCOC(=O)c1cccc(-n2c(C)ccc2-c2cc(S(=O)(=O)CC)ccc2OCc2ccc(F)cc2Cl)c1. The van der Waals surface area contributed by atoms with Crippen molar-refractivity contribution in [1.29, 1.82) is 0 Å². The highest BCUT2D eigenvalue weighted by molar-refractivity contribution is 7.91. The van der Waals surface area contributed by atoms with Crippen LogP contribution in [0.5, 0.6) is 5.75 Å². The Hall–Kier alpha value is -3.62. The van der Waals surface area contributed by atoms with Gasteiger partial charge in [-0.2, -0.15) is 0 Å². The van der Waals surface area contributed by atoms with Gasteiger partial charge in [-0.3, -0.25) is 0 Å². The molecule has 0 amide bonds. The normalized spacial score (nSPS) is 11.4.